The van der Waals surface area contributed by atoms with E-state index in [2.05, 4.69) is 75.0 Å². The van der Waals surface area contributed by atoms with Crippen LogP contribution in [0.1, 0.15) is 121 Å². The summed E-state index contributed by atoms with van der Waals surface area (Å²) >= 11 is 0. The van der Waals surface area contributed by atoms with E-state index in [4.69, 9.17) is 0 Å². The van der Waals surface area contributed by atoms with E-state index in [0.29, 0.717) is 26.2 Å². The van der Waals surface area contributed by atoms with E-state index >= 15 is 0 Å². The molecule has 0 aromatic carbocycles. The number of hydrogen-bond donors (Lipinski definition) is 0. The topological polar surface area (TPSA) is 81.2 Å². The van der Waals surface area contributed by atoms with Gasteiger partial charge in [0.25, 0.3) is 0 Å². The van der Waals surface area contributed by atoms with E-state index in [0.717, 1.165) is 116 Å². The van der Waals surface area contributed by atoms with E-state index in [1.54, 1.807) is 13.8 Å². The summed E-state index contributed by atoms with van der Waals surface area (Å²) in [6, 6.07) is 0. The van der Waals surface area contributed by atoms with Crippen molar-refractivity contribution in [2.24, 2.45) is 0 Å². The van der Waals surface area contributed by atoms with Gasteiger partial charge in [-0.05, 0) is 118 Å². The van der Waals surface area contributed by atoms with Gasteiger partial charge in [0.2, 0.25) is 0 Å². The normalized spacial score (nSPS) is 10.4. The number of carbonyl (C=O) groups is 4. The Morgan fingerprint density at radius 2 is 0.810 bits per heavy atom. The van der Waals surface area contributed by atoms with Crippen molar-refractivity contribution in [1.29, 1.82) is 0 Å². The zero-order chi connectivity index (χ0) is 33.0. The Morgan fingerprint density at radius 1 is 0.524 bits per heavy atom. The summed E-state index contributed by atoms with van der Waals surface area (Å²) in [6.07, 6.45) is 11.0. The molecule has 0 rings (SSSR count). The predicted molar refractivity (Wildman–Crippen MR) is 182 cm³/mol. The minimum absolute atomic E-state index is 0.270. The Hall–Kier alpha value is -1.48. The number of aldehydes is 2. The second-order valence-corrected chi connectivity index (χ2v) is 10.9. The molecule has 0 saturated heterocycles. The SMILES string of the molecule is CCCN(CC=O)CCC.CCCN(CC=[18O])CCC.CCCN(CCC)[13CH2]C(C)=O.CCCN(CCC)[13CH2]C(C)=[18O]. The third-order valence-corrected chi connectivity index (χ3v) is 5.88. The maximum Gasteiger partial charge on any atom is 0.143 e. The standard InChI is InChI=1S/2C9H19NO.2C8H17NO/c2*1-4-6-10(7-5-2)8-9(3)11;2*1-3-5-9(6-4-2)7-8-10/h2*4-8H2,1-3H3;2*8H,3-7H2,1-2H3/i8+1,11+2;8+1;10+2;. The molecule has 0 unspecified atom stereocenters. The van der Waals surface area contributed by atoms with E-state index in [9.17, 15) is 19.2 Å². The molecule has 0 saturated carbocycles. The summed E-state index contributed by atoms with van der Waals surface area (Å²) in [7, 11) is 0. The Labute approximate surface area is 261 Å². The fourth-order valence-electron chi connectivity index (χ4n) is 4.50. The van der Waals surface area contributed by atoms with Crippen LogP contribution < -0.4 is 0 Å². The fourth-order valence-corrected chi connectivity index (χ4v) is 4.50. The van der Waals surface area contributed by atoms with Crippen molar-refractivity contribution >= 4 is 24.1 Å². The minimum Gasteiger partial charge on any atom is -0.302 e. The quantitative estimate of drug-likeness (QED) is 0.0751. The van der Waals surface area contributed by atoms with Crippen molar-refractivity contribution < 1.29 is 19.2 Å². The first-order valence-electron chi connectivity index (χ1n) is 16.9. The summed E-state index contributed by atoms with van der Waals surface area (Å²) < 4.78 is 0. The monoisotopic (exact) mass is 607 g/mol. The summed E-state index contributed by atoms with van der Waals surface area (Å²) in [5.41, 5.74) is 0. The number of carbonyl (C=O) groups excluding carboxylic acids is 4. The second-order valence-electron chi connectivity index (χ2n) is 10.9. The first kappa shape index (κ1) is 47.5. The van der Waals surface area contributed by atoms with Gasteiger partial charge in [0.15, 0.2) is 0 Å². The average Bonchev–Trinajstić information content (AvgIpc) is 2.91. The molecule has 0 radical (unpaired) electrons. The number of rotatable bonds is 24. The molecule has 0 spiro atoms. The highest BCUT2D eigenvalue weighted by Crippen LogP contribution is 1.95. The lowest BCUT2D eigenvalue weighted by Gasteiger charge is -2.18. The Kier molecular flexibility index (Phi) is 44.6. The second kappa shape index (κ2) is 39.5. The highest BCUT2D eigenvalue weighted by molar-refractivity contribution is 5.77. The Balaban J connectivity index is -0.000000229. The van der Waals surface area contributed by atoms with E-state index in [-0.39, 0.29) is 11.6 Å². The molecule has 0 atom stereocenters. The lowest BCUT2D eigenvalue weighted by atomic mass is 10.3. The number of hydrogen-bond acceptors (Lipinski definition) is 8. The molecule has 0 aromatic rings. The van der Waals surface area contributed by atoms with Gasteiger partial charge in [0.1, 0.15) is 24.1 Å². The molecular weight excluding hydrogens is 534 g/mol. The first-order chi connectivity index (χ1) is 20.1. The third-order valence-electron chi connectivity index (χ3n) is 5.88. The molecule has 8 nitrogen and oxygen atoms in total. The largest absolute Gasteiger partial charge is 0.302 e. The van der Waals surface area contributed by atoms with Crippen LogP contribution in [0.3, 0.4) is 0 Å². The van der Waals surface area contributed by atoms with Gasteiger partial charge in [0, 0.05) is 0 Å². The van der Waals surface area contributed by atoms with Gasteiger partial charge >= 0.3 is 0 Å². The number of ketones is 2. The average molecular weight is 607 g/mol. The third kappa shape index (κ3) is 40.7. The van der Waals surface area contributed by atoms with Crippen LogP contribution in [0.15, 0.2) is 0 Å². The zero-order valence-electron chi connectivity index (χ0n) is 29.7. The van der Waals surface area contributed by atoms with Crippen LogP contribution in [-0.4, -0.2) is 122 Å². The van der Waals surface area contributed by atoms with E-state index in [1.807, 2.05) is 0 Å². The van der Waals surface area contributed by atoms with Crippen LogP contribution in [0.4, 0.5) is 0 Å². The highest BCUT2D eigenvalue weighted by atomic mass is 18.1. The molecule has 0 aliphatic rings. The van der Waals surface area contributed by atoms with Crippen LogP contribution >= 0.6 is 0 Å². The molecule has 8 heteroatoms. The lowest BCUT2D eigenvalue weighted by Crippen LogP contribution is -2.30. The van der Waals surface area contributed by atoms with Crippen molar-refractivity contribution in [3.8, 4) is 0 Å². The molecule has 0 bridgehead atoms. The molecule has 252 valence electrons. The van der Waals surface area contributed by atoms with Gasteiger partial charge in [-0.15, -0.1) is 0 Å². The van der Waals surface area contributed by atoms with Gasteiger partial charge in [-0.3, -0.25) is 29.2 Å². The van der Waals surface area contributed by atoms with Crippen LogP contribution in [0, 0.1) is 0 Å². The minimum atomic E-state index is 0.270. The lowest BCUT2D eigenvalue weighted by molar-refractivity contribution is -0.119. The first-order valence-corrected chi connectivity index (χ1v) is 16.9. The van der Waals surface area contributed by atoms with Crippen molar-refractivity contribution in [2.45, 2.75) is 121 Å². The summed E-state index contributed by atoms with van der Waals surface area (Å²) in [5, 5.41) is 0. The number of Topliss-reactive ketones (excluding diaryl/α,β-unsaturated/α-hetero) is 2. The van der Waals surface area contributed by atoms with Crippen molar-refractivity contribution in [1.82, 2.24) is 19.6 Å². The molecule has 42 heavy (non-hydrogen) atoms. The van der Waals surface area contributed by atoms with Crippen LogP contribution in [0.2, 0.25) is 0 Å². The van der Waals surface area contributed by atoms with Gasteiger partial charge in [-0.25, -0.2) is 0 Å². The highest BCUT2D eigenvalue weighted by Gasteiger charge is 2.05. The Bertz CT molecular complexity index is 516. The van der Waals surface area contributed by atoms with Crippen molar-refractivity contribution in [2.75, 3.05) is 78.5 Å². The fraction of sp³-hybridized carbons (Fsp3) is 0.882. The maximum atomic E-state index is 10.8. The van der Waals surface area contributed by atoms with Crippen molar-refractivity contribution in [3.63, 3.8) is 0 Å². The summed E-state index contributed by atoms with van der Waals surface area (Å²) in [5.74, 6) is 0.541. The van der Waals surface area contributed by atoms with Gasteiger partial charge in [0.05, 0.1) is 26.2 Å². The van der Waals surface area contributed by atoms with Gasteiger partial charge < -0.3 is 9.59 Å². The molecule has 0 N–H and O–H groups in total. The van der Waals surface area contributed by atoms with Crippen molar-refractivity contribution in [3.05, 3.63) is 0 Å². The molecule has 0 amide bonds. The summed E-state index contributed by atoms with van der Waals surface area (Å²) in [6.45, 7) is 31.2. The van der Waals surface area contributed by atoms with Crippen LogP contribution in [-0.2, 0) is 19.2 Å². The van der Waals surface area contributed by atoms with E-state index < -0.39 is 0 Å². The summed E-state index contributed by atoms with van der Waals surface area (Å²) in [4.78, 5) is 50.5. The van der Waals surface area contributed by atoms with Gasteiger partial charge in [-0.1, -0.05) is 55.4 Å². The smallest absolute Gasteiger partial charge is 0.143 e. The van der Waals surface area contributed by atoms with Gasteiger partial charge in [-0.2, -0.15) is 0 Å². The molecular formula is C34H72N4O4. The molecule has 0 aliphatic heterocycles. The van der Waals surface area contributed by atoms with E-state index in [1.165, 1.54) is 0 Å². The van der Waals surface area contributed by atoms with Crippen LogP contribution in [0.25, 0.3) is 0 Å². The number of nitrogens with zero attached hydrogens (tertiary/aromatic N) is 4. The molecule has 0 heterocycles. The predicted octanol–water partition coefficient (Wildman–Crippen LogP) is 6.01. The maximum absolute atomic E-state index is 10.8. The molecule has 0 aliphatic carbocycles. The van der Waals surface area contributed by atoms with Crippen LogP contribution in [0.5, 0.6) is 0 Å². The Morgan fingerprint density at radius 3 is 1.05 bits per heavy atom. The molecule has 0 aromatic heterocycles. The molecule has 0 fully saturated rings. The zero-order valence-corrected chi connectivity index (χ0v) is 29.7.